The van der Waals surface area contributed by atoms with E-state index in [1.807, 2.05) is 13.0 Å². The molecule has 1 aliphatic heterocycles. The highest BCUT2D eigenvalue weighted by Crippen LogP contribution is 2.29. The zero-order chi connectivity index (χ0) is 12.6. The Hall–Kier alpha value is -1.56. The van der Waals surface area contributed by atoms with Crippen molar-refractivity contribution in [3.63, 3.8) is 0 Å². The number of hydrogen-bond donors (Lipinski definition) is 1. The molecular weight excluding hydrogens is 233 g/mol. The Morgan fingerprint density at radius 1 is 1.41 bits per heavy atom. The second-order valence-electron chi connectivity index (χ2n) is 4.00. The molecule has 2 rings (SSSR count). The fraction of sp³-hybridized carbons (Fsp3) is 0.364. The molecule has 1 unspecified atom stereocenters. The van der Waals surface area contributed by atoms with Gasteiger partial charge in [0.15, 0.2) is 0 Å². The van der Waals surface area contributed by atoms with Crippen LogP contribution in [0, 0.1) is 6.92 Å². The third kappa shape index (κ3) is 2.41. The third-order valence-electron chi connectivity index (χ3n) is 2.57. The SMILES string of the molecule is Cc1cccc(N2NC(C(F)(F)F)CC2=O)c1. The molecule has 0 radical (unpaired) electrons. The van der Waals surface area contributed by atoms with Crippen LogP contribution in [-0.4, -0.2) is 18.1 Å². The molecular formula is C11H11F3N2O. The lowest BCUT2D eigenvalue weighted by atomic mass is 10.2. The zero-order valence-electron chi connectivity index (χ0n) is 9.08. The van der Waals surface area contributed by atoms with E-state index in [-0.39, 0.29) is 0 Å². The summed E-state index contributed by atoms with van der Waals surface area (Å²) in [6.45, 7) is 1.81. The minimum Gasteiger partial charge on any atom is -0.273 e. The van der Waals surface area contributed by atoms with Crippen molar-refractivity contribution in [1.29, 1.82) is 0 Å². The average molecular weight is 244 g/mol. The molecule has 0 spiro atoms. The smallest absolute Gasteiger partial charge is 0.273 e. The number of halogens is 3. The molecule has 1 atom stereocenters. The highest BCUT2D eigenvalue weighted by molar-refractivity contribution is 5.95. The fourth-order valence-electron chi connectivity index (χ4n) is 1.71. The molecule has 0 aromatic heterocycles. The van der Waals surface area contributed by atoms with Crippen molar-refractivity contribution in [2.24, 2.45) is 0 Å². The number of carbonyl (C=O) groups excluding carboxylic acids is 1. The second-order valence-corrected chi connectivity index (χ2v) is 4.00. The van der Waals surface area contributed by atoms with Gasteiger partial charge in [0, 0.05) is 0 Å². The molecule has 0 saturated carbocycles. The van der Waals surface area contributed by atoms with E-state index >= 15 is 0 Å². The van der Waals surface area contributed by atoms with E-state index in [1.165, 1.54) is 0 Å². The first-order valence-electron chi connectivity index (χ1n) is 5.10. The van der Waals surface area contributed by atoms with Crippen molar-refractivity contribution in [1.82, 2.24) is 5.43 Å². The van der Waals surface area contributed by atoms with Gasteiger partial charge in [0.2, 0.25) is 5.91 Å². The molecule has 17 heavy (non-hydrogen) atoms. The van der Waals surface area contributed by atoms with Gasteiger partial charge in [-0.2, -0.15) is 13.2 Å². The number of aryl methyl sites for hydroxylation is 1. The van der Waals surface area contributed by atoms with Crippen LogP contribution >= 0.6 is 0 Å². The van der Waals surface area contributed by atoms with Gasteiger partial charge in [-0.1, -0.05) is 12.1 Å². The number of nitrogens with one attached hydrogen (secondary N) is 1. The molecule has 3 nitrogen and oxygen atoms in total. The Bertz CT molecular complexity index is 445. The molecule has 1 aromatic rings. The molecule has 1 heterocycles. The normalized spacial score (nSPS) is 21.1. The molecule has 92 valence electrons. The van der Waals surface area contributed by atoms with Gasteiger partial charge in [-0.15, -0.1) is 0 Å². The van der Waals surface area contributed by atoms with E-state index in [4.69, 9.17) is 0 Å². The van der Waals surface area contributed by atoms with Crippen LogP contribution in [-0.2, 0) is 4.79 Å². The van der Waals surface area contributed by atoms with E-state index in [1.54, 1.807) is 18.2 Å². The number of hydrazine groups is 1. The van der Waals surface area contributed by atoms with Crippen LogP contribution in [0.4, 0.5) is 18.9 Å². The topological polar surface area (TPSA) is 32.3 Å². The Balaban J connectivity index is 2.22. The summed E-state index contributed by atoms with van der Waals surface area (Å²) < 4.78 is 37.4. The minimum atomic E-state index is -4.41. The average Bonchev–Trinajstić information content (AvgIpc) is 2.60. The number of carbonyl (C=O) groups is 1. The second kappa shape index (κ2) is 4.03. The van der Waals surface area contributed by atoms with Crippen molar-refractivity contribution < 1.29 is 18.0 Å². The van der Waals surface area contributed by atoms with Crippen LogP contribution in [0.2, 0.25) is 0 Å². The highest BCUT2D eigenvalue weighted by atomic mass is 19.4. The van der Waals surface area contributed by atoms with Crippen LogP contribution in [0.3, 0.4) is 0 Å². The maximum Gasteiger partial charge on any atom is 0.406 e. The van der Waals surface area contributed by atoms with Crippen molar-refractivity contribution in [2.45, 2.75) is 25.6 Å². The van der Waals surface area contributed by atoms with E-state index < -0.39 is 24.5 Å². The number of amides is 1. The predicted octanol–water partition coefficient (Wildman–Crippen LogP) is 2.17. The highest BCUT2D eigenvalue weighted by Gasteiger charge is 2.47. The predicted molar refractivity (Wildman–Crippen MR) is 56.3 cm³/mol. The van der Waals surface area contributed by atoms with Crippen LogP contribution in [0.5, 0.6) is 0 Å². The molecule has 1 aromatic carbocycles. The minimum absolute atomic E-state index is 0.432. The van der Waals surface area contributed by atoms with Gasteiger partial charge in [0.25, 0.3) is 0 Å². The molecule has 6 heteroatoms. The summed E-state index contributed by atoms with van der Waals surface area (Å²) >= 11 is 0. The molecule has 1 N–H and O–H groups in total. The first-order chi connectivity index (χ1) is 7.88. The van der Waals surface area contributed by atoms with Gasteiger partial charge in [-0.05, 0) is 24.6 Å². The fourth-order valence-corrected chi connectivity index (χ4v) is 1.71. The number of benzene rings is 1. The quantitative estimate of drug-likeness (QED) is 0.821. The lowest BCUT2D eigenvalue weighted by Crippen LogP contribution is -2.44. The van der Waals surface area contributed by atoms with Crippen molar-refractivity contribution in [3.05, 3.63) is 29.8 Å². The van der Waals surface area contributed by atoms with Gasteiger partial charge < -0.3 is 0 Å². The number of anilines is 1. The third-order valence-corrected chi connectivity index (χ3v) is 2.57. The molecule has 1 amide bonds. The Morgan fingerprint density at radius 3 is 2.65 bits per heavy atom. The summed E-state index contributed by atoms with van der Waals surface area (Å²) in [6.07, 6.45) is -4.97. The van der Waals surface area contributed by atoms with Crippen molar-refractivity contribution in [2.75, 3.05) is 5.01 Å². The largest absolute Gasteiger partial charge is 0.406 e. The summed E-state index contributed by atoms with van der Waals surface area (Å²) in [7, 11) is 0. The Morgan fingerprint density at radius 2 is 2.12 bits per heavy atom. The standard InChI is InChI=1S/C11H11F3N2O/c1-7-3-2-4-8(5-7)16-10(17)6-9(15-16)11(12,13)14/h2-5,9,15H,6H2,1H3. The first-order valence-corrected chi connectivity index (χ1v) is 5.10. The Kier molecular flexibility index (Phi) is 2.82. The summed E-state index contributed by atoms with van der Waals surface area (Å²) in [4.78, 5) is 11.5. The van der Waals surface area contributed by atoms with Crippen LogP contribution in [0.25, 0.3) is 0 Å². The van der Waals surface area contributed by atoms with E-state index in [0.717, 1.165) is 10.6 Å². The molecule has 1 aliphatic rings. The summed E-state index contributed by atoms with van der Waals surface area (Å²) in [6, 6.07) is 4.96. The van der Waals surface area contributed by atoms with Crippen LogP contribution in [0.1, 0.15) is 12.0 Å². The lowest BCUT2D eigenvalue weighted by Gasteiger charge is -2.19. The number of rotatable bonds is 1. The number of alkyl halides is 3. The van der Waals surface area contributed by atoms with Gasteiger partial charge in [-0.25, -0.2) is 10.4 Å². The molecule has 1 fully saturated rings. The number of hydrogen-bond acceptors (Lipinski definition) is 2. The van der Waals surface area contributed by atoms with Gasteiger partial charge in [0.1, 0.15) is 6.04 Å². The Labute approximate surface area is 96.2 Å². The summed E-state index contributed by atoms with van der Waals surface area (Å²) in [5.41, 5.74) is 3.50. The first kappa shape index (κ1) is 11.9. The summed E-state index contributed by atoms with van der Waals surface area (Å²) in [5.74, 6) is -0.571. The monoisotopic (exact) mass is 244 g/mol. The van der Waals surface area contributed by atoms with Crippen LogP contribution < -0.4 is 10.4 Å². The van der Waals surface area contributed by atoms with Gasteiger partial charge in [-0.3, -0.25) is 4.79 Å². The van der Waals surface area contributed by atoms with E-state index in [0.29, 0.717) is 5.69 Å². The van der Waals surface area contributed by atoms with Crippen LogP contribution in [0.15, 0.2) is 24.3 Å². The molecule has 0 bridgehead atoms. The molecule has 0 aliphatic carbocycles. The van der Waals surface area contributed by atoms with E-state index in [9.17, 15) is 18.0 Å². The van der Waals surface area contributed by atoms with Gasteiger partial charge in [0.05, 0.1) is 12.1 Å². The number of nitrogens with zero attached hydrogens (tertiary/aromatic N) is 1. The maximum atomic E-state index is 12.5. The van der Waals surface area contributed by atoms with Gasteiger partial charge >= 0.3 is 6.18 Å². The van der Waals surface area contributed by atoms with E-state index in [2.05, 4.69) is 5.43 Å². The maximum absolute atomic E-state index is 12.5. The molecule has 1 saturated heterocycles. The lowest BCUT2D eigenvalue weighted by molar-refractivity contribution is -0.153. The summed E-state index contributed by atoms with van der Waals surface area (Å²) in [5, 5.41) is 0.963. The van der Waals surface area contributed by atoms with Crippen molar-refractivity contribution >= 4 is 11.6 Å². The zero-order valence-corrected chi connectivity index (χ0v) is 9.08. The van der Waals surface area contributed by atoms with Crippen molar-refractivity contribution in [3.8, 4) is 0 Å².